The van der Waals surface area contributed by atoms with E-state index in [1.54, 1.807) is 6.92 Å². The predicted molar refractivity (Wildman–Crippen MR) is 84.8 cm³/mol. The van der Waals surface area contributed by atoms with Crippen molar-refractivity contribution in [2.45, 2.75) is 25.3 Å². The lowest BCUT2D eigenvalue weighted by molar-refractivity contribution is -0.384. The van der Waals surface area contributed by atoms with E-state index in [4.69, 9.17) is 9.47 Å². The first kappa shape index (κ1) is 18.2. The van der Waals surface area contributed by atoms with Gasteiger partial charge in [-0.25, -0.2) is 4.79 Å². The first-order valence-electron chi connectivity index (χ1n) is 7.52. The summed E-state index contributed by atoms with van der Waals surface area (Å²) >= 11 is 0. The zero-order valence-electron chi connectivity index (χ0n) is 13.8. The average molecular weight is 347 g/mol. The Morgan fingerprint density at radius 2 is 2.16 bits per heavy atom. The van der Waals surface area contributed by atoms with Gasteiger partial charge in [-0.05, 0) is 31.7 Å². The second-order valence-electron chi connectivity index (χ2n) is 5.85. The number of hydrogen-bond donors (Lipinski definition) is 1. The van der Waals surface area contributed by atoms with Gasteiger partial charge in [-0.2, -0.15) is 5.26 Å². The van der Waals surface area contributed by atoms with Crippen LogP contribution >= 0.6 is 0 Å². The van der Waals surface area contributed by atoms with Crippen molar-refractivity contribution in [1.29, 1.82) is 5.26 Å². The predicted octanol–water partition coefficient (Wildman–Crippen LogP) is 1.57. The molecule has 1 aliphatic rings. The van der Waals surface area contributed by atoms with Crippen LogP contribution in [0.3, 0.4) is 0 Å². The highest BCUT2D eigenvalue weighted by Crippen LogP contribution is 2.39. The third kappa shape index (κ3) is 4.23. The number of methoxy groups -OCH3 is 1. The molecule has 2 rings (SSSR count). The molecule has 0 unspecified atom stereocenters. The Morgan fingerprint density at radius 1 is 1.48 bits per heavy atom. The Bertz CT molecular complexity index is 753. The number of ether oxygens (including phenoxy) is 2. The molecule has 0 heterocycles. The number of amides is 1. The van der Waals surface area contributed by atoms with Gasteiger partial charge in [0.1, 0.15) is 16.9 Å². The quantitative estimate of drug-likeness (QED) is 0.450. The molecule has 0 saturated heterocycles. The van der Waals surface area contributed by atoms with Gasteiger partial charge >= 0.3 is 5.97 Å². The summed E-state index contributed by atoms with van der Waals surface area (Å²) in [5.74, 6) is -1.36. The molecule has 0 spiro atoms. The maximum atomic E-state index is 12.1. The minimum absolute atomic E-state index is 0.0917. The van der Waals surface area contributed by atoms with Gasteiger partial charge < -0.3 is 14.8 Å². The van der Waals surface area contributed by atoms with Crippen molar-refractivity contribution in [2.75, 3.05) is 13.7 Å². The first-order chi connectivity index (χ1) is 11.8. The highest BCUT2D eigenvalue weighted by atomic mass is 16.6. The van der Waals surface area contributed by atoms with Gasteiger partial charge in [0, 0.05) is 12.1 Å². The zero-order valence-corrected chi connectivity index (χ0v) is 13.8. The number of rotatable bonds is 7. The minimum atomic E-state index is -0.993. The number of carbonyl (C=O) groups is 2. The van der Waals surface area contributed by atoms with Crippen LogP contribution in [0.4, 0.5) is 5.69 Å². The Morgan fingerprint density at radius 3 is 2.68 bits per heavy atom. The summed E-state index contributed by atoms with van der Waals surface area (Å²) in [5.41, 5.74) is -1.45. The van der Waals surface area contributed by atoms with Gasteiger partial charge in [0.15, 0.2) is 6.61 Å². The summed E-state index contributed by atoms with van der Waals surface area (Å²) in [6.07, 6.45) is 1.71. The van der Waals surface area contributed by atoms with Crippen LogP contribution in [0.5, 0.6) is 5.75 Å². The molecule has 1 atom stereocenters. The zero-order chi connectivity index (χ0) is 18.6. The second kappa shape index (κ2) is 7.17. The Balaban J connectivity index is 2.02. The number of hydrogen-bond acceptors (Lipinski definition) is 7. The summed E-state index contributed by atoms with van der Waals surface area (Å²) in [6.45, 7) is 1.02. The van der Waals surface area contributed by atoms with E-state index in [2.05, 4.69) is 11.4 Å². The topological polar surface area (TPSA) is 132 Å². The van der Waals surface area contributed by atoms with E-state index in [0.717, 1.165) is 18.9 Å². The van der Waals surface area contributed by atoms with Crippen molar-refractivity contribution in [3.05, 3.63) is 33.9 Å². The summed E-state index contributed by atoms with van der Waals surface area (Å²) in [6, 6.07) is 5.54. The SMILES string of the molecule is COc1ccc([N+](=O)[O-])cc1C(=O)OCC(=O)N[C@](C)(C#N)C1CC1. The normalized spacial score (nSPS) is 15.4. The fraction of sp³-hybridized carbons (Fsp3) is 0.438. The third-order valence-corrected chi connectivity index (χ3v) is 3.97. The van der Waals surface area contributed by atoms with E-state index >= 15 is 0 Å². The number of carbonyl (C=O) groups excluding carboxylic acids is 2. The molecule has 0 aromatic heterocycles. The standard InChI is InChI=1S/C16H17N3O6/c1-16(9-17,10-3-4-10)18-14(20)8-25-15(21)12-7-11(19(22)23)5-6-13(12)24-2/h5-7,10H,3-4,8H2,1-2H3,(H,18,20)/t16-/m1/s1. The van der Waals surface area contributed by atoms with Crippen LogP contribution in [0.2, 0.25) is 0 Å². The lowest BCUT2D eigenvalue weighted by atomic mass is 9.98. The number of nitrogens with one attached hydrogen (secondary N) is 1. The smallest absolute Gasteiger partial charge is 0.342 e. The van der Waals surface area contributed by atoms with Crippen molar-refractivity contribution < 1.29 is 24.0 Å². The molecule has 1 aromatic rings. The van der Waals surface area contributed by atoms with E-state index in [1.807, 2.05) is 0 Å². The third-order valence-electron chi connectivity index (χ3n) is 3.97. The van der Waals surface area contributed by atoms with E-state index in [0.29, 0.717) is 0 Å². The van der Waals surface area contributed by atoms with Crippen molar-refractivity contribution >= 4 is 17.6 Å². The molecule has 1 aliphatic carbocycles. The van der Waals surface area contributed by atoms with Crippen LogP contribution in [0.25, 0.3) is 0 Å². The maximum Gasteiger partial charge on any atom is 0.342 e. The lowest BCUT2D eigenvalue weighted by Crippen LogP contribution is -2.48. The molecule has 1 amide bonds. The highest BCUT2D eigenvalue weighted by molar-refractivity contribution is 5.94. The van der Waals surface area contributed by atoms with Gasteiger partial charge in [-0.3, -0.25) is 14.9 Å². The molecule has 1 saturated carbocycles. The molecule has 132 valence electrons. The second-order valence-corrected chi connectivity index (χ2v) is 5.85. The number of nitriles is 1. The van der Waals surface area contributed by atoms with Crippen LogP contribution < -0.4 is 10.1 Å². The van der Waals surface area contributed by atoms with E-state index in [1.165, 1.54) is 19.2 Å². The molecule has 0 aliphatic heterocycles. The molecule has 25 heavy (non-hydrogen) atoms. The van der Waals surface area contributed by atoms with Gasteiger partial charge in [0.05, 0.1) is 18.1 Å². The average Bonchev–Trinajstić information content (AvgIpc) is 3.44. The van der Waals surface area contributed by atoms with Gasteiger partial charge in [-0.1, -0.05) is 0 Å². The summed E-state index contributed by atoms with van der Waals surface area (Å²) < 4.78 is 9.87. The minimum Gasteiger partial charge on any atom is -0.496 e. The fourth-order valence-electron chi connectivity index (χ4n) is 2.39. The van der Waals surface area contributed by atoms with Crippen LogP contribution in [-0.2, 0) is 9.53 Å². The summed E-state index contributed by atoms with van der Waals surface area (Å²) in [7, 11) is 1.30. The van der Waals surface area contributed by atoms with Crippen LogP contribution in [-0.4, -0.2) is 36.1 Å². The van der Waals surface area contributed by atoms with Crippen molar-refractivity contribution in [3.8, 4) is 11.8 Å². The van der Waals surface area contributed by atoms with E-state index in [9.17, 15) is 25.0 Å². The van der Waals surface area contributed by atoms with Gasteiger partial charge in [-0.15, -0.1) is 0 Å². The van der Waals surface area contributed by atoms with Crippen molar-refractivity contribution in [2.24, 2.45) is 5.92 Å². The molecular weight excluding hydrogens is 330 g/mol. The molecule has 1 aromatic carbocycles. The first-order valence-corrected chi connectivity index (χ1v) is 7.52. The summed E-state index contributed by atoms with van der Waals surface area (Å²) in [5, 5.41) is 22.6. The largest absolute Gasteiger partial charge is 0.496 e. The highest BCUT2D eigenvalue weighted by Gasteiger charge is 2.43. The number of esters is 1. The number of non-ortho nitro benzene ring substituents is 1. The Kier molecular flexibility index (Phi) is 5.22. The Labute approximate surface area is 143 Å². The molecule has 0 radical (unpaired) electrons. The lowest BCUT2D eigenvalue weighted by Gasteiger charge is -2.22. The fourth-order valence-corrected chi connectivity index (χ4v) is 2.39. The maximum absolute atomic E-state index is 12.1. The molecule has 9 heteroatoms. The molecule has 9 nitrogen and oxygen atoms in total. The molecular formula is C16H17N3O6. The van der Waals surface area contributed by atoms with Gasteiger partial charge in [0.25, 0.3) is 11.6 Å². The van der Waals surface area contributed by atoms with Crippen molar-refractivity contribution in [3.63, 3.8) is 0 Å². The number of nitro benzene ring substituents is 1. The molecule has 1 N–H and O–H groups in total. The van der Waals surface area contributed by atoms with Crippen molar-refractivity contribution in [1.82, 2.24) is 5.32 Å². The van der Waals surface area contributed by atoms with Crippen LogP contribution in [0, 0.1) is 27.4 Å². The summed E-state index contributed by atoms with van der Waals surface area (Å²) in [4.78, 5) is 34.2. The molecule has 1 fully saturated rings. The van der Waals surface area contributed by atoms with E-state index < -0.39 is 28.9 Å². The van der Waals surface area contributed by atoms with E-state index in [-0.39, 0.29) is 22.9 Å². The number of benzene rings is 1. The molecule has 0 bridgehead atoms. The van der Waals surface area contributed by atoms with Crippen LogP contribution in [0.1, 0.15) is 30.1 Å². The Hall–Kier alpha value is -3.15. The van der Waals surface area contributed by atoms with Gasteiger partial charge in [0.2, 0.25) is 0 Å². The number of nitro groups is 1. The monoisotopic (exact) mass is 347 g/mol. The number of nitrogens with zero attached hydrogens (tertiary/aromatic N) is 2. The van der Waals surface area contributed by atoms with Crippen LogP contribution in [0.15, 0.2) is 18.2 Å².